The number of ether oxygens (including phenoxy) is 2. The second kappa shape index (κ2) is 10.3. The molecule has 1 amide bonds. The molecular weight excluding hydrogens is 439 g/mol. The number of ketones is 1. The van der Waals surface area contributed by atoms with Crippen LogP contribution in [0.15, 0.2) is 48.0 Å². The topological polar surface area (TPSA) is 79.3 Å². The van der Waals surface area contributed by atoms with Crippen molar-refractivity contribution >= 4 is 17.4 Å². The highest BCUT2D eigenvalue weighted by molar-refractivity contribution is 6.46. The summed E-state index contributed by atoms with van der Waals surface area (Å²) in [5.41, 5.74) is 0.338. The molecule has 7 nitrogen and oxygen atoms in total. The fourth-order valence-electron chi connectivity index (χ4n) is 4.48. The van der Waals surface area contributed by atoms with E-state index in [1.165, 1.54) is 11.0 Å². The number of Topliss-reactive ketones (excluding diaryl/α,β-unsaturated/α-hetero) is 1. The van der Waals surface area contributed by atoms with E-state index in [4.69, 9.17) is 9.47 Å². The second-order valence-electron chi connectivity index (χ2n) is 8.25. The zero-order valence-corrected chi connectivity index (χ0v) is 19.4. The number of likely N-dealkylation sites (tertiary alicyclic amines) is 1. The number of fused-ring (bicyclic) bond motifs is 1. The molecule has 34 heavy (non-hydrogen) atoms. The molecule has 0 bridgehead atoms. The molecule has 1 atom stereocenters. The Labute approximate surface area is 198 Å². The van der Waals surface area contributed by atoms with Crippen molar-refractivity contribution in [2.75, 3.05) is 39.4 Å². The Morgan fingerprint density at radius 3 is 2.50 bits per heavy atom. The summed E-state index contributed by atoms with van der Waals surface area (Å²) in [6.45, 7) is 7.64. The van der Waals surface area contributed by atoms with E-state index in [2.05, 4.69) is 18.7 Å². The van der Waals surface area contributed by atoms with Crippen molar-refractivity contribution in [3.05, 3.63) is 65.0 Å². The number of hydrogen-bond donors (Lipinski definition) is 1. The van der Waals surface area contributed by atoms with Crippen LogP contribution in [-0.4, -0.2) is 66.0 Å². The fraction of sp³-hybridized carbons (Fsp3) is 0.385. The van der Waals surface area contributed by atoms with Crippen LogP contribution < -0.4 is 9.47 Å². The van der Waals surface area contributed by atoms with Gasteiger partial charge in [0.1, 0.15) is 24.8 Å². The third-order valence-electron chi connectivity index (χ3n) is 6.32. The van der Waals surface area contributed by atoms with E-state index in [9.17, 15) is 19.1 Å². The van der Waals surface area contributed by atoms with Crippen LogP contribution in [0.4, 0.5) is 4.39 Å². The molecule has 2 aliphatic rings. The van der Waals surface area contributed by atoms with Crippen molar-refractivity contribution in [2.45, 2.75) is 26.3 Å². The van der Waals surface area contributed by atoms with Crippen molar-refractivity contribution in [1.82, 2.24) is 9.80 Å². The van der Waals surface area contributed by atoms with Crippen LogP contribution in [0.1, 0.15) is 37.4 Å². The van der Waals surface area contributed by atoms with Gasteiger partial charge < -0.3 is 24.4 Å². The zero-order chi connectivity index (χ0) is 24.2. The van der Waals surface area contributed by atoms with Crippen molar-refractivity contribution in [2.24, 2.45) is 0 Å². The van der Waals surface area contributed by atoms with Gasteiger partial charge >= 0.3 is 0 Å². The monoisotopic (exact) mass is 468 g/mol. The van der Waals surface area contributed by atoms with Crippen molar-refractivity contribution in [3.63, 3.8) is 0 Å². The number of halogens is 1. The molecule has 1 fully saturated rings. The first-order chi connectivity index (χ1) is 16.5. The summed E-state index contributed by atoms with van der Waals surface area (Å²) in [4.78, 5) is 29.8. The summed E-state index contributed by atoms with van der Waals surface area (Å²) in [6, 6.07) is 9.80. The van der Waals surface area contributed by atoms with Gasteiger partial charge in [-0.1, -0.05) is 32.0 Å². The lowest BCUT2D eigenvalue weighted by Crippen LogP contribution is -2.33. The molecule has 0 saturated carbocycles. The number of aliphatic hydroxyl groups is 1. The Morgan fingerprint density at radius 1 is 1.09 bits per heavy atom. The lowest BCUT2D eigenvalue weighted by molar-refractivity contribution is -0.140. The van der Waals surface area contributed by atoms with E-state index in [0.717, 1.165) is 19.6 Å². The summed E-state index contributed by atoms with van der Waals surface area (Å²) in [6.07, 6.45) is 0.615. The van der Waals surface area contributed by atoms with Gasteiger partial charge in [-0.15, -0.1) is 0 Å². The molecule has 2 aromatic rings. The number of aliphatic hydroxyl groups excluding tert-OH is 1. The third-order valence-corrected chi connectivity index (χ3v) is 6.32. The van der Waals surface area contributed by atoms with Crippen molar-refractivity contribution in [1.29, 1.82) is 0 Å². The van der Waals surface area contributed by atoms with Gasteiger partial charge in [-0.05, 0) is 50.3 Å². The summed E-state index contributed by atoms with van der Waals surface area (Å²) >= 11 is 0. The molecule has 2 aliphatic heterocycles. The van der Waals surface area contributed by atoms with Crippen molar-refractivity contribution in [3.8, 4) is 11.5 Å². The highest BCUT2D eigenvalue weighted by atomic mass is 19.1. The highest BCUT2D eigenvalue weighted by Gasteiger charge is 2.46. The van der Waals surface area contributed by atoms with E-state index >= 15 is 0 Å². The lowest BCUT2D eigenvalue weighted by atomic mass is 9.94. The molecule has 2 aromatic carbocycles. The SMILES string of the molecule is CCN(CC)CCCN1C(=O)C(=O)/C(=C(/O)c2ccc3c(c2)OCCO3)[C@@H]1c1ccccc1F. The Kier molecular flexibility index (Phi) is 7.17. The number of hydrogen-bond acceptors (Lipinski definition) is 6. The molecule has 8 heteroatoms. The lowest BCUT2D eigenvalue weighted by Gasteiger charge is -2.27. The Hall–Kier alpha value is -3.39. The first-order valence-electron chi connectivity index (χ1n) is 11.6. The fourth-order valence-corrected chi connectivity index (χ4v) is 4.48. The van der Waals surface area contributed by atoms with Gasteiger partial charge in [0.15, 0.2) is 11.5 Å². The van der Waals surface area contributed by atoms with Gasteiger partial charge in [-0.3, -0.25) is 9.59 Å². The maximum atomic E-state index is 14.9. The number of benzene rings is 2. The van der Waals surface area contributed by atoms with E-state index in [0.29, 0.717) is 36.7 Å². The Bertz CT molecular complexity index is 1110. The number of carbonyl (C=O) groups is 2. The highest BCUT2D eigenvalue weighted by Crippen LogP contribution is 2.41. The van der Waals surface area contributed by atoms with Crippen LogP contribution in [0, 0.1) is 5.82 Å². The molecular formula is C26H29FN2O5. The largest absolute Gasteiger partial charge is 0.507 e. The van der Waals surface area contributed by atoms with Gasteiger partial charge in [0.2, 0.25) is 0 Å². The van der Waals surface area contributed by atoms with Crippen LogP contribution in [0.5, 0.6) is 11.5 Å². The predicted octanol–water partition coefficient (Wildman–Crippen LogP) is 3.75. The molecule has 0 spiro atoms. The number of nitrogens with zero attached hydrogens (tertiary/aromatic N) is 2. The van der Waals surface area contributed by atoms with Gasteiger partial charge in [-0.25, -0.2) is 4.39 Å². The molecule has 1 saturated heterocycles. The third kappa shape index (κ3) is 4.50. The van der Waals surface area contributed by atoms with Crippen LogP contribution in [0.3, 0.4) is 0 Å². The van der Waals surface area contributed by atoms with Gasteiger partial charge in [0.25, 0.3) is 11.7 Å². The molecule has 0 aromatic heterocycles. The molecule has 4 rings (SSSR count). The normalized spacial score (nSPS) is 19.2. The average molecular weight is 469 g/mol. The average Bonchev–Trinajstić information content (AvgIpc) is 3.11. The zero-order valence-electron chi connectivity index (χ0n) is 19.4. The van der Waals surface area contributed by atoms with Crippen LogP contribution in [0.2, 0.25) is 0 Å². The van der Waals surface area contributed by atoms with Gasteiger partial charge in [0, 0.05) is 17.7 Å². The second-order valence-corrected chi connectivity index (χ2v) is 8.25. The molecule has 0 aliphatic carbocycles. The minimum Gasteiger partial charge on any atom is -0.507 e. The smallest absolute Gasteiger partial charge is 0.295 e. The summed E-state index contributed by atoms with van der Waals surface area (Å²) < 4.78 is 26.0. The molecule has 0 unspecified atom stereocenters. The number of rotatable bonds is 8. The maximum absolute atomic E-state index is 14.9. The van der Waals surface area contributed by atoms with E-state index in [1.807, 2.05) is 0 Å². The molecule has 180 valence electrons. The van der Waals surface area contributed by atoms with Crippen LogP contribution >= 0.6 is 0 Å². The summed E-state index contributed by atoms with van der Waals surface area (Å²) in [5, 5.41) is 11.2. The standard InChI is InChI=1S/C26H29FN2O5/c1-3-28(4-2)12-7-13-29-23(18-8-5-6-9-19(18)27)22(25(31)26(29)32)24(30)17-10-11-20-21(16-17)34-15-14-33-20/h5-6,8-11,16,23,30H,3-4,7,12-15H2,1-2H3/b24-22+/t23-/m0/s1. The molecule has 2 heterocycles. The summed E-state index contributed by atoms with van der Waals surface area (Å²) in [7, 11) is 0. The van der Waals surface area contributed by atoms with Gasteiger partial charge in [0.05, 0.1) is 11.6 Å². The van der Waals surface area contributed by atoms with Crippen LogP contribution in [-0.2, 0) is 9.59 Å². The number of carbonyl (C=O) groups excluding carboxylic acids is 2. The van der Waals surface area contributed by atoms with Crippen molar-refractivity contribution < 1.29 is 28.6 Å². The molecule has 0 radical (unpaired) electrons. The quantitative estimate of drug-likeness (QED) is 0.361. The van der Waals surface area contributed by atoms with E-state index in [-0.39, 0.29) is 23.4 Å². The first kappa shape index (κ1) is 23.8. The minimum atomic E-state index is -1.02. The Balaban J connectivity index is 1.75. The minimum absolute atomic E-state index is 0.130. The first-order valence-corrected chi connectivity index (χ1v) is 11.6. The van der Waals surface area contributed by atoms with E-state index < -0.39 is 23.5 Å². The van der Waals surface area contributed by atoms with E-state index in [1.54, 1.807) is 36.4 Å². The molecule has 1 N–H and O–H groups in total. The predicted molar refractivity (Wildman–Crippen MR) is 125 cm³/mol. The van der Waals surface area contributed by atoms with Crippen LogP contribution in [0.25, 0.3) is 5.76 Å². The summed E-state index contributed by atoms with van der Waals surface area (Å²) in [5.74, 6) is -1.52. The Morgan fingerprint density at radius 2 is 1.79 bits per heavy atom. The maximum Gasteiger partial charge on any atom is 0.295 e. The number of amides is 1. The van der Waals surface area contributed by atoms with Gasteiger partial charge in [-0.2, -0.15) is 0 Å².